The van der Waals surface area contributed by atoms with Crippen molar-refractivity contribution in [2.24, 2.45) is 0 Å². The molecule has 3 N–H and O–H groups in total. The summed E-state index contributed by atoms with van der Waals surface area (Å²) in [5, 5.41) is 18.0. The number of aliphatic carboxylic acids is 2. The topological polar surface area (TPSA) is 95.9 Å². The Morgan fingerprint density at radius 1 is 1.43 bits per heavy atom. The van der Waals surface area contributed by atoms with Crippen LogP contribution in [0, 0.1) is 0 Å². The highest BCUT2D eigenvalue weighted by atomic mass is 16.5. The minimum absolute atomic E-state index is 0.500. The fourth-order valence-corrected chi connectivity index (χ4v) is 1.01. The molecule has 1 aliphatic heterocycles. The van der Waals surface area contributed by atoms with Crippen LogP contribution in [-0.2, 0) is 14.3 Å². The summed E-state index contributed by atoms with van der Waals surface area (Å²) >= 11 is 0. The zero-order chi connectivity index (χ0) is 11.0. The quantitative estimate of drug-likeness (QED) is 0.528. The maximum absolute atomic E-state index is 9.10. The molecule has 82 valence electrons. The molecule has 1 fully saturated rings. The Morgan fingerprint density at radius 3 is 2.29 bits per heavy atom. The standard InChI is InChI=1S/C6H13NO.C2H2O4/c1-2-8-6-3-4-7-5-6;3-1(4)2(5)6/h6-7H,2-5H2,1H3;(H,3,4)(H,5,6). The molecule has 14 heavy (non-hydrogen) atoms. The van der Waals surface area contributed by atoms with Crippen molar-refractivity contribution >= 4 is 11.9 Å². The molecule has 1 unspecified atom stereocenters. The first-order valence-electron chi connectivity index (χ1n) is 4.36. The second-order valence-electron chi connectivity index (χ2n) is 2.68. The maximum Gasteiger partial charge on any atom is 0.414 e. The molecule has 1 saturated heterocycles. The molecule has 0 amide bonds. The van der Waals surface area contributed by atoms with Crippen molar-refractivity contribution in [1.82, 2.24) is 5.32 Å². The van der Waals surface area contributed by atoms with Crippen LogP contribution in [0.1, 0.15) is 13.3 Å². The first-order valence-corrected chi connectivity index (χ1v) is 4.36. The van der Waals surface area contributed by atoms with Gasteiger partial charge in [0.15, 0.2) is 0 Å². The summed E-state index contributed by atoms with van der Waals surface area (Å²) in [5.74, 6) is -3.65. The number of nitrogens with one attached hydrogen (secondary N) is 1. The molecular weight excluding hydrogens is 190 g/mol. The molecule has 0 saturated carbocycles. The maximum atomic E-state index is 9.10. The molecule has 0 spiro atoms. The van der Waals surface area contributed by atoms with Crippen LogP contribution in [0.4, 0.5) is 0 Å². The van der Waals surface area contributed by atoms with Crippen molar-refractivity contribution in [2.75, 3.05) is 19.7 Å². The van der Waals surface area contributed by atoms with Gasteiger partial charge in [-0.1, -0.05) is 0 Å². The Bertz CT molecular complexity index is 176. The van der Waals surface area contributed by atoms with Crippen LogP contribution in [0.15, 0.2) is 0 Å². The van der Waals surface area contributed by atoms with Gasteiger partial charge in [0.25, 0.3) is 0 Å². The van der Waals surface area contributed by atoms with E-state index in [1.165, 1.54) is 6.42 Å². The molecule has 0 aliphatic carbocycles. The third-order valence-electron chi connectivity index (χ3n) is 1.60. The van der Waals surface area contributed by atoms with Crippen molar-refractivity contribution in [2.45, 2.75) is 19.4 Å². The van der Waals surface area contributed by atoms with Gasteiger partial charge in [-0.3, -0.25) is 0 Å². The zero-order valence-electron chi connectivity index (χ0n) is 8.02. The highest BCUT2D eigenvalue weighted by Gasteiger charge is 2.12. The SMILES string of the molecule is CCOC1CCNC1.O=C(O)C(=O)O. The molecule has 6 heteroatoms. The molecule has 0 bridgehead atoms. The third kappa shape index (κ3) is 6.38. The van der Waals surface area contributed by atoms with E-state index in [1.54, 1.807) is 0 Å². The van der Waals surface area contributed by atoms with Crippen LogP contribution in [0.25, 0.3) is 0 Å². The Morgan fingerprint density at radius 2 is 2.00 bits per heavy atom. The summed E-state index contributed by atoms with van der Waals surface area (Å²) < 4.78 is 5.34. The first-order chi connectivity index (χ1) is 6.57. The Hall–Kier alpha value is -1.14. The lowest BCUT2D eigenvalue weighted by molar-refractivity contribution is -0.159. The van der Waals surface area contributed by atoms with E-state index in [2.05, 4.69) is 5.32 Å². The van der Waals surface area contributed by atoms with Crippen LogP contribution < -0.4 is 5.32 Å². The average molecular weight is 205 g/mol. The average Bonchev–Trinajstić information content (AvgIpc) is 2.58. The van der Waals surface area contributed by atoms with Gasteiger partial charge in [-0.05, 0) is 19.9 Å². The van der Waals surface area contributed by atoms with Gasteiger partial charge >= 0.3 is 11.9 Å². The second kappa shape index (κ2) is 7.28. The van der Waals surface area contributed by atoms with Crippen LogP contribution >= 0.6 is 0 Å². The summed E-state index contributed by atoms with van der Waals surface area (Å²) in [5.41, 5.74) is 0. The van der Waals surface area contributed by atoms with Crippen LogP contribution in [0.2, 0.25) is 0 Å². The van der Waals surface area contributed by atoms with Gasteiger partial charge in [-0.15, -0.1) is 0 Å². The number of carbonyl (C=O) groups is 2. The van der Waals surface area contributed by atoms with Crippen molar-refractivity contribution in [3.63, 3.8) is 0 Å². The van der Waals surface area contributed by atoms with Crippen LogP contribution in [0.5, 0.6) is 0 Å². The van der Waals surface area contributed by atoms with E-state index in [0.29, 0.717) is 6.10 Å². The molecule has 1 rings (SSSR count). The molecule has 1 heterocycles. The Kier molecular flexibility index (Phi) is 6.69. The van der Waals surface area contributed by atoms with Crippen molar-refractivity contribution < 1.29 is 24.5 Å². The van der Waals surface area contributed by atoms with Gasteiger partial charge < -0.3 is 20.3 Å². The summed E-state index contributed by atoms with van der Waals surface area (Å²) in [6, 6.07) is 0. The van der Waals surface area contributed by atoms with E-state index in [-0.39, 0.29) is 0 Å². The van der Waals surface area contributed by atoms with Crippen LogP contribution in [-0.4, -0.2) is 48.0 Å². The fourth-order valence-electron chi connectivity index (χ4n) is 1.01. The van der Waals surface area contributed by atoms with E-state index < -0.39 is 11.9 Å². The number of hydrogen-bond acceptors (Lipinski definition) is 4. The smallest absolute Gasteiger partial charge is 0.414 e. The second-order valence-corrected chi connectivity index (χ2v) is 2.68. The lowest BCUT2D eigenvalue weighted by atomic mass is 10.3. The highest BCUT2D eigenvalue weighted by Crippen LogP contribution is 2.01. The van der Waals surface area contributed by atoms with E-state index >= 15 is 0 Å². The Labute approximate surface area is 81.9 Å². The van der Waals surface area contributed by atoms with Gasteiger partial charge in [0.2, 0.25) is 0 Å². The van der Waals surface area contributed by atoms with Gasteiger partial charge in [0.05, 0.1) is 6.10 Å². The molecule has 0 aromatic rings. The van der Waals surface area contributed by atoms with E-state index in [1.807, 2.05) is 6.92 Å². The lowest BCUT2D eigenvalue weighted by Gasteiger charge is -2.05. The predicted molar refractivity (Wildman–Crippen MR) is 48.2 cm³/mol. The normalized spacial score (nSPS) is 19.6. The lowest BCUT2D eigenvalue weighted by Crippen LogP contribution is -2.16. The fraction of sp³-hybridized carbons (Fsp3) is 0.750. The number of rotatable bonds is 2. The highest BCUT2D eigenvalue weighted by molar-refractivity contribution is 6.27. The summed E-state index contributed by atoms with van der Waals surface area (Å²) in [7, 11) is 0. The van der Waals surface area contributed by atoms with Crippen molar-refractivity contribution in [3.8, 4) is 0 Å². The number of hydrogen-bond donors (Lipinski definition) is 3. The number of carboxylic acid groups (broad SMARTS) is 2. The van der Waals surface area contributed by atoms with Gasteiger partial charge in [0, 0.05) is 13.2 Å². The van der Waals surface area contributed by atoms with E-state index in [9.17, 15) is 0 Å². The summed E-state index contributed by atoms with van der Waals surface area (Å²) in [4.78, 5) is 18.2. The molecule has 0 aromatic heterocycles. The van der Waals surface area contributed by atoms with Crippen molar-refractivity contribution in [1.29, 1.82) is 0 Å². The van der Waals surface area contributed by atoms with Crippen LogP contribution in [0.3, 0.4) is 0 Å². The first kappa shape index (κ1) is 12.9. The van der Waals surface area contributed by atoms with Crippen molar-refractivity contribution in [3.05, 3.63) is 0 Å². The third-order valence-corrected chi connectivity index (χ3v) is 1.60. The van der Waals surface area contributed by atoms with E-state index in [4.69, 9.17) is 24.5 Å². The van der Waals surface area contributed by atoms with Gasteiger partial charge in [-0.25, -0.2) is 9.59 Å². The number of ether oxygens (including phenoxy) is 1. The molecule has 0 aromatic carbocycles. The molecule has 0 radical (unpaired) electrons. The summed E-state index contributed by atoms with van der Waals surface area (Å²) in [6.07, 6.45) is 1.69. The zero-order valence-corrected chi connectivity index (χ0v) is 8.02. The molecule has 6 nitrogen and oxygen atoms in total. The number of carboxylic acids is 2. The minimum Gasteiger partial charge on any atom is -0.473 e. The monoisotopic (exact) mass is 205 g/mol. The predicted octanol–water partition coefficient (Wildman–Crippen LogP) is -0.460. The van der Waals surface area contributed by atoms with Gasteiger partial charge in [0.1, 0.15) is 0 Å². The summed E-state index contributed by atoms with van der Waals surface area (Å²) in [6.45, 7) is 5.07. The van der Waals surface area contributed by atoms with E-state index in [0.717, 1.165) is 19.7 Å². The minimum atomic E-state index is -1.82. The molecular formula is C8H15NO5. The molecule has 1 atom stereocenters. The Balaban J connectivity index is 0.000000255. The molecule has 1 aliphatic rings. The van der Waals surface area contributed by atoms with Gasteiger partial charge in [-0.2, -0.15) is 0 Å². The largest absolute Gasteiger partial charge is 0.473 e.